The van der Waals surface area contributed by atoms with Crippen LogP contribution in [0.3, 0.4) is 0 Å². The molecule has 1 aromatic carbocycles. The molecule has 2 rings (SSSR count). The van der Waals surface area contributed by atoms with E-state index in [1.165, 1.54) is 0 Å². The SMILES string of the molecule is COc1ccc(N)cc1-c1nc(C)n(C)n1. The molecule has 0 aliphatic rings. The summed E-state index contributed by atoms with van der Waals surface area (Å²) in [4.78, 5) is 4.35. The number of aryl methyl sites for hydroxylation is 2. The van der Waals surface area contributed by atoms with Gasteiger partial charge in [0, 0.05) is 12.7 Å². The van der Waals surface area contributed by atoms with Gasteiger partial charge in [-0.3, -0.25) is 4.68 Å². The number of rotatable bonds is 2. The minimum absolute atomic E-state index is 0.629. The molecule has 0 atom stereocenters. The van der Waals surface area contributed by atoms with Crippen molar-refractivity contribution >= 4 is 5.69 Å². The summed E-state index contributed by atoms with van der Waals surface area (Å²) in [5.74, 6) is 2.20. The van der Waals surface area contributed by atoms with Crippen LogP contribution in [0.15, 0.2) is 18.2 Å². The number of benzene rings is 1. The van der Waals surface area contributed by atoms with Gasteiger partial charge in [-0.05, 0) is 25.1 Å². The van der Waals surface area contributed by atoms with Crippen LogP contribution in [0.1, 0.15) is 5.82 Å². The van der Waals surface area contributed by atoms with E-state index < -0.39 is 0 Å². The van der Waals surface area contributed by atoms with Crippen LogP contribution >= 0.6 is 0 Å². The number of aromatic nitrogens is 3. The minimum Gasteiger partial charge on any atom is -0.496 e. The zero-order valence-corrected chi connectivity index (χ0v) is 9.56. The smallest absolute Gasteiger partial charge is 0.185 e. The maximum Gasteiger partial charge on any atom is 0.185 e. The van der Waals surface area contributed by atoms with Gasteiger partial charge in [0.2, 0.25) is 0 Å². The van der Waals surface area contributed by atoms with Gasteiger partial charge in [-0.15, -0.1) is 0 Å². The number of methoxy groups -OCH3 is 1. The molecule has 0 saturated carbocycles. The van der Waals surface area contributed by atoms with Crippen LogP contribution in [-0.2, 0) is 7.05 Å². The van der Waals surface area contributed by atoms with Crippen LogP contribution in [0, 0.1) is 6.92 Å². The number of nitrogens with zero attached hydrogens (tertiary/aromatic N) is 3. The predicted molar refractivity (Wildman–Crippen MR) is 62.1 cm³/mol. The monoisotopic (exact) mass is 218 g/mol. The van der Waals surface area contributed by atoms with Crippen molar-refractivity contribution in [3.05, 3.63) is 24.0 Å². The Balaban J connectivity index is 2.57. The lowest BCUT2D eigenvalue weighted by Crippen LogP contribution is -1.94. The molecule has 2 N–H and O–H groups in total. The second kappa shape index (κ2) is 3.84. The van der Waals surface area contributed by atoms with Crippen LogP contribution in [-0.4, -0.2) is 21.9 Å². The van der Waals surface area contributed by atoms with Crippen LogP contribution in [0.5, 0.6) is 5.75 Å². The highest BCUT2D eigenvalue weighted by Crippen LogP contribution is 2.29. The third kappa shape index (κ3) is 1.71. The second-order valence-corrected chi connectivity index (χ2v) is 3.57. The summed E-state index contributed by atoms with van der Waals surface area (Å²) in [5, 5.41) is 4.30. The molecule has 0 spiro atoms. The van der Waals surface area contributed by atoms with Crippen molar-refractivity contribution < 1.29 is 4.74 Å². The van der Waals surface area contributed by atoms with Crippen molar-refractivity contribution in [2.24, 2.45) is 7.05 Å². The molecular formula is C11H14N4O. The van der Waals surface area contributed by atoms with Gasteiger partial charge in [-0.2, -0.15) is 5.10 Å². The molecule has 0 radical (unpaired) electrons. The Hall–Kier alpha value is -2.04. The maximum absolute atomic E-state index is 5.75. The van der Waals surface area contributed by atoms with E-state index in [-0.39, 0.29) is 0 Å². The van der Waals surface area contributed by atoms with Crippen LogP contribution in [0.4, 0.5) is 5.69 Å². The number of nitrogens with two attached hydrogens (primary N) is 1. The Kier molecular flexibility index (Phi) is 2.52. The number of hydrogen-bond acceptors (Lipinski definition) is 4. The van der Waals surface area contributed by atoms with Crippen LogP contribution in [0.25, 0.3) is 11.4 Å². The first-order valence-corrected chi connectivity index (χ1v) is 4.93. The maximum atomic E-state index is 5.75. The molecule has 1 aromatic heterocycles. The highest BCUT2D eigenvalue weighted by molar-refractivity contribution is 5.68. The third-order valence-corrected chi connectivity index (χ3v) is 2.45. The van der Waals surface area contributed by atoms with Crippen molar-refractivity contribution in [2.75, 3.05) is 12.8 Å². The molecule has 0 amide bonds. The Bertz CT molecular complexity index is 499. The summed E-state index contributed by atoms with van der Waals surface area (Å²) < 4.78 is 6.98. The predicted octanol–water partition coefficient (Wildman–Crippen LogP) is 1.38. The van der Waals surface area contributed by atoms with Gasteiger partial charge in [-0.1, -0.05) is 0 Å². The molecule has 0 unspecified atom stereocenters. The molecule has 5 nitrogen and oxygen atoms in total. The van der Waals surface area contributed by atoms with E-state index in [9.17, 15) is 0 Å². The molecule has 84 valence electrons. The Labute approximate surface area is 93.9 Å². The summed E-state index contributed by atoms with van der Waals surface area (Å²) in [6.07, 6.45) is 0. The standard InChI is InChI=1S/C11H14N4O/c1-7-13-11(14-15(7)2)9-6-8(12)4-5-10(9)16-3/h4-6H,12H2,1-3H3. The summed E-state index contributed by atoms with van der Waals surface area (Å²) in [6, 6.07) is 5.42. The molecule has 5 heteroatoms. The number of hydrogen-bond donors (Lipinski definition) is 1. The van der Waals surface area contributed by atoms with Crippen molar-refractivity contribution in [1.29, 1.82) is 0 Å². The van der Waals surface area contributed by atoms with E-state index in [4.69, 9.17) is 10.5 Å². The molecule has 0 aliphatic carbocycles. The van der Waals surface area contributed by atoms with Gasteiger partial charge >= 0.3 is 0 Å². The van der Waals surface area contributed by atoms with E-state index in [0.717, 1.165) is 17.1 Å². The molecule has 0 fully saturated rings. The quantitative estimate of drug-likeness (QED) is 0.773. The average Bonchev–Trinajstić information content (AvgIpc) is 2.59. The van der Waals surface area contributed by atoms with Crippen molar-refractivity contribution in [2.45, 2.75) is 6.92 Å². The Morgan fingerprint density at radius 2 is 2.12 bits per heavy atom. The lowest BCUT2D eigenvalue weighted by Gasteiger charge is -2.05. The van der Waals surface area contributed by atoms with Crippen LogP contribution < -0.4 is 10.5 Å². The zero-order valence-electron chi connectivity index (χ0n) is 9.56. The molecule has 0 saturated heterocycles. The van der Waals surface area contributed by atoms with Gasteiger partial charge in [0.1, 0.15) is 11.6 Å². The van der Waals surface area contributed by atoms with E-state index in [0.29, 0.717) is 11.5 Å². The van der Waals surface area contributed by atoms with Crippen molar-refractivity contribution in [3.63, 3.8) is 0 Å². The van der Waals surface area contributed by atoms with Crippen LogP contribution in [0.2, 0.25) is 0 Å². The van der Waals surface area contributed by atoms with Crippen molar-refractivity contribution in [3.8, 4) is 17.1 Å². The number of ether oxygens (including phenoxy) is 1. The van der Waals surface area contributed by atoms with Gasteiger partial charge in [-0.25, -0.2) is 4.98 Å². The highest BCUT2D eigenvalue weighted by atomic mass is 16.5. The molecule has 1 heterocycles. The topological polar surface area (TPSA) is 66.0 Å². The first-order valence-electron chi connectivity index (χ1n) is 4.93. The number of anilines is 1. The van der Waals surface area contributed by atoms with Gasteiger partial charge in [0.15, 0.2) is 5.82 Å². The van der Waals surface area contributed by atoms with Gasteiger partial charge in [0.05, 0.1) is 12.7 Å². The lowest BCUT2D eigenvalue weighted by atomic mass is 10.1. The molecular weight excluding hydrogens is 204 g/mol. The zero-order chi connectivity index (χ0) is 11.7. The Morgan fingerprint density at radius 3 is 2.69 bits per heavy atom. The fraction of sp³-hybridized carbons (Fsp3) is 0.273. The van der Waals surface area contributed by atoms with Crippen molar-refractivity contribution in [1.82, 2.24) is 14.8 Å². The molecule has 16 heavy (non-hydrogen) atoms. The molecule has 0 bridgehead atoms. The van der Waals surface area contributed by atoms with Gasteiger partial charge < -0.3 is 10.5 Å². The largest absolute Gasteiger partial charge is 0.496 e. The fourth-order valence-corrected chi connectivity index (χ4v) is 1.48. The average molecular weight is 218 g/mol. The minimum atomic E-state index is 0.629. The normalized spacial score (nSPS) is 10.4. The van der Waals surface area contributed by atoms with E-state index in [1.54, 1.807) is 17.9 Å². The summed E-state index contributed by atoms with van der Waals surface area (Å²) in [6.45, 7) is 1.90. The summed E-state index contributed by atoms with van der Waals surface area (Å²) in [5.41, 5.74) is 7.23. The first kappa shape index (κ1) is 10.5. The lowest BCUT2D eigenvalue weighted by molar-refractivity contribution is 0.416. The third-order valence-electron chi connectivity index (χ3n) is 2.45. The Morgan fingerprint density at radius 1 is 1.38 bits per heavy atom. The molecule has 2 aromatic rings. The first-order chi connectivity index (χ1) is 7.61. The van der Waals surface area contributed by atoms with E-state index >= 15 is 0 Å². The van der Waals surface area contributed by atoms with Gasteiger partial charge in [0.25, 0.3) is 0 Å². The second-order valence-electron chi connectivity index (χ2n) is 3.57. The highest BCUT2D eigenvalue weighted by Gasteiger charge is 2.11. The van der Waals surface area contributed by atoms with E-state index in [2.05, 4.69) is 10.1 Å². The van der Waals surface area contributed by atoms with E-state index in [1.807, 2.05) is 26.1 Å². The fourth-order valence-electron chi connectivity index (χ4n) is 1.48. The number of nitrogen functional groups attached to an aromatic ring is 1. The summed E-state index contributed by atoms with van der Waals surface area (Å²) >= 11 is 0. The summed E-state index contributed by atoms with van der Waals surface area (Å²) in [7, 11) is 3.47. The molecule has 0 aliphatic heterocycles.